The standard InChI is InChI=1S/C28H52O2/c29-28-26-24-22-20-18-16-14-12-10-8-6-4-2-1-3-5-7-9-11-13-15-17-19-21-23-25-27-30-28/h5,7H,1-4,6,8-27H2/b7-5-. The molecule has 0 saturated carbocycles. The lowest BCUT2D eigenvalue weighted by Gasteiger charge is -2.05. The minimum absolute atomic E-state index is 0.0213. The van der Waals surface area contributed by atoms with Crippen LogP contribution in [-0.2, 0) is 9.53 Å². The van der Waals surface area contributed by atoms with E-state index >= 15 is 0 Å². The van der Waals surface area contributed by atoms with Crippen molar-refractivity contribution < 1.29 is 9.53 Å². The quantitative estimate of drug-likeness (QED) is 0.288. The van der Waals surface area contributed by atoms with Crippen molar-refractivity contribution in [3.63, 3.8) is 0 Å². The Bertz CT molecular complexity index is 388. The Balaban J connectivity index is 2.10. The summed E-state index contributed by atoms with van der Waals surface area (Å²) in [6.45, 7) is 0.630. The highest BCUT2D eigenvalue weighted by Crippen LogP contribution is 2.14. The van der Waals surface area contributed by atoms with Crippen molar-refractivity contribution in [1.82, 2.24) is 0 Å². The summed E-state index contributed by atoms with van der Waals surface area (Å²) in [6, 6.07) is 0. The monoisotopic (exact) mass is 420 g/mol. The molecular weight excluding hydrogens is 368 g/mol. The summed E-state index contributed by atoms with van der Waals surface area (Å²) in [5, 5.41) is 0. The number of rotatable bonds is 0. The molecule has 0 radical (unpaired) electrons. The van der Waals surface area contributed by atoms with Crippen molar-refractivity contribution in [1.29, 1.82) is 0 Å². The largest absolute Gasteiger partial charge is 0.466 e. The summed E-state index contributed by atoms with van der Waals surface area (Å²) in [6.07, 6.45) is 35.8. The number of hydrogen-bond donors (Lipinski definition) is 0. The van der Waals surface area contributed by atoms with Crippen LogP contribution < -0.4 is 0 Å². The Morgan fingerprint density at radius 3 is 1.20 bits per heavy atom. The van der Waals surface area contributed by atoms with Crippen LogP contribution in [0, 0.1) is 0 Å². The van der Waals surface area contributed by atoms with E-state index in [0.717, 1.165) is 12.8 Å². The number of esters is 1. The zero-order valence-electron chi connectivity index (χ0n) is 20.1. The molecule has 30 heavy (non-hydrogen) atoms. The fourth-order valence-corrected chi connectivity index (χ4v) is 4.39. The number of cyclic esters (lactones) is 1. The van der Waals surface area contributed by atoms with Crippen LogP contribution in [0.2, 0.25) is 0 Å². The number of hydrogen-bond acceptors (Lipinski definition) is 2. The molecule has 2 nitrogen and oxygen atoms in total. The van der Waals surface area contributed by atoms with Crippen molar-refractivity contribution in [2.24, 2.45) is 0 Å². The van der Waals surface area contributed by atoms with Gasteiger partial charge in [-0.25, -0.2) is 0 Å². The molecule has 1 aliphatic heterocycles. The number of carbonyl (C=O) groups is 1. The van der Waals surface area contributed by atoms with Gasteiger partial charge >= 0.3 is 5.97 Å². The van der Waals surface area contributed by atoms with Gasteiger partial charge in [0, 0.05) is 6.42 Å². The SMILES string of the molecule is O=C1CCCCCCCCCCCCCCC/C=C\CCCCCCCCCCO1. The molecule has 0 bridgehead atoms. The minimum atomic E-state index is 0.0213. The molecule has 0 aromatic carbocycles. The summed E-state index contributed by atoms with van der Waals surface area (Å²) in [5.41, 5.74) is 0. The summed E-state index contributed by atoms with van der Waals surface area (Å²) in [5.74, 6) is 0.0213. The summed E-state index contributed by atoms with van der Waals surface area (Å²) >= 11 is 0. The highest BCUT2D eigenvalue weighted by molar-refractivity contribution is 5.69. The molecule has 0 N–H and O–H groups in total. The van der Waals surface area contributed by atoms with Gasteiger partial charge in [0.05, 0.1) is 6.61 Å². The van der Waals surface area contributed by atoms with Crippen molar-refractivity contribution >= 4 is 5.97 Å². The van der Waals surface area contributed by atoms with E-state index in [1.165, 1.54) is 135 Å². The van der Waals surface area contributed by atoms with Gasteiger partial charge in [-0.1, -0.05) is 121 Å². The average Bonchev–Trinajstić information content (AvgIpc) is 2.75. The van der Waals surface area contributed by atoms with E-state index in [-0.39, 0.29) is 5.97 Å². The van der Waals surface area contributed by atoms with E-state index in [1.54, 1.807) is 0 Å². The zero-order chi connectivity index (χ0) is 21.4. The van der Waals surface area contributed by atoms with Gasteiger partial charge in [0.2, 0.25) is 0 Å². The predicted molar refractivity (Wildman–Crippen MR) is 131 cm³/mol. The molecule has 0 aromatic rings. The van der Waals surface area contributed by atoms with Crippen LogP contribution in [0.5, 0.6) is 0 Å². The van der Waals surface area contributed by atoms with Crippen molar-refractivity contribution in [2.45, 2.75) is 154 Å². The number of allylic oxidation sites excluding steroid dienone is 2. The van der Waals surface area contributed by atoms with Crippen LogP contribution in [0.3, 0.4) is 0 Å². The molecule has 1 aliphatic rings. The maximum absolute atomic E-state index is 11.8. The number of ether oxygens (including phenoxy) is 1. The molecule has 176 valence electrons. The fraction of sp³-hybridized carbons (Fsp3) is 0.893. The third-order valence-electron chi connectivity index (χ3n) is 6.45. The van der Waals surface area contributed by atoms with Gasteiger partial charge in [-0.15, -0.1) is 0 Å². The Morgan fingerprint density at radius 2 is 0.767 bits per heavy atom. The minimum Gasteiger partial charge on any atom is -0.466 e. The van der Waals surface area contributed by atoms with E-state index in [2.05, 4.69) is 12.2 Å². The maximum atomic E-state index is 11.8. The Morgan fingerprint density at radius 1 is 0.433 bits per heavy atom. The third-order valence-corrected chi connectivity index (χ3v) is 6.45. The van der Waals surface area contributed by atoms with Crippen molar-refractivity contribution in [2.75, 3.05) is 6.61 Å². The molecule has 0 unspecified atom stereocenters. The first-order chi connectivity index (χ1) is 14.9. The summed E-state index contributed by atoms with van der Waals surface area (Å²) in [4.78, 5) is 11.8. The fourth-order valence-electron chi connectivity index (χ4n) is 4.39. The van der Waals surface area contributed by atoms with Gasteiger partial charge in [-0.3, -0.25) is 4.79 Å². The normalized spacial score (nSPS) is 23.9. The molecular formula is C28H52O2. The van der Waals surface area contributed by atoms with Crippen molar-refractivity contribution in [3.8, 4) is 0 Å². The first kappa shape index (κ1) is 27.2. The smallest absolute Gasteiger partial charge is 0.305 e. The molecule has 0 saturated heterocycles. The average molecular weight is 421 g/mol. The van der Waals surface area contributed by atoms with Gasteiger partial charge in [0.1, 0.15) is 0 Å². The summed E-state index contributed by atoms with van der Waals surface area (Å²) < 4.78 is 5.38. The van der Waals surface area contributed by atoms with Gasteiger partial charge in [0.15, 0.2) is 0 Å². The predicted octanol–water partition coefficient (Wildman–Crippen LogP) is 9.46. The lowest BCUT2D eigenvalue weighted by Crippen LogP contribution is -2.05. The highest BCUT2D eigenvalue weighted by Gasteiger charge is 2.02. The molecule has 1 heterocycles. The topological polar surface area (TPSA) is 26.3 Å². The second-order valence-corrected chi connectivity index (χ2v) is 9.44. The molecule has 0 fully saturated rings. The second-order valence-electron chi connectivity index (χ2n) is 9.44. The van der Waals surface area contributed by atoms with Gasteiger partial charge in [0.25, 0.3) is 0 Å². The third kappa shape index (κ3) is 20.5. The van der Waals surface area contributed by atoms with E-state index in [4.69, 9.17) is 4.74 Å². The van der Waals surface area contributed by atoms with E-state index in [9.17, 15) is 4.79 Å². The Labute approximate surface area is 188 Å². The van der Waals surface area contributed by atoms with Crippen LogP contribution in [0.25, 0.3) is 0 Å². The zero-order valence-corrected chi connectivity index (χ0v) is 20.1. The van der Waals surface area contributed by atoms with E-state index in [1.807, 2.05) is 0 Å². The van der Waals surface area contributed by atoms with Gasteiger partial charge < -0.3 is 4.74 Å². The number of carbonyl (C=O) groups excluding carboxylic acids is 1. The van der Waals surface area contributed by atoms with Gasteiger partial charge in [-0.2, -0.15) is 0 Å². The molecule has 0 atom stereocenters. The van der Waals surface area contributed by atoms with Gasteiger partial charge in [-0.05, 0) is 38.5 Å². The molecule has 2 heteroatoms. The van der Waals surface area contributed by atoms with Crippen molar-refractivity contribution in [3.05, 3.63) is 12.2 Å². The molecule has 0 aliphatic carbocycles. The molecule has 1 rings (SSSR count). The van der Waals surface area contributed by atoms with E-state index < -0.39 is 0 Å². The van der Waals surface area contributed by atoms with Crippen LogP contribution in [-0.4, -0.2) is 12.6 Å². The first-order valence-corrected chi connectivity index (χ1v) is 13.7. The molecule has 0 amide bonds. The van der Waals surface area contributed by atoms with Crippen LogP contribution in [0.1, 0.15) is 154 Å². The molecule has 0 aromatic heterocycles. The van der Waals surface area contributed by atoms with Crippen LogP contribution >= 0.6 is 0 Å². The van der Waals surface area contributed by atoms with E-state index in [0.29, 0.717) is 13.0 Å². The Hall–Kier alpha value is -0.790. The lowest BCUT2D eigenvalue weighted by molar-refractivity contribution is -0.143. The summed E-state index contributed by atoms with van der Waals surface area (Å²) in [7, 11) is 0. The maximum Gasteiger partial charge on any atom is 0.305 e. The molecule has 0 spiro atoms. The van der Waals surface area contributed by atoms with Crippen LogP contribution in [0.15, 0.2) is 12.2 Å². The lowest BCUT2D eigenvalue weighted by atomic mass is 10.0. The first-order valence-electron chi connectivity index (χ1n) is 13.7. The second kappa shape index (κ2) is 22.9. The Kier molecular flexibility index (Phi) is 20.8. The van der Waals surface area contributed by atoms with Crippen LogP contribution in [0.4, 0.5) is 0 Å². The highest BCUT2D eigenvalue weighted by atomic mass is 16.5.